The van der Waals surface area contributed by atoms with Crippen molar-refractivity contribution < 1.29 is 37.8 Å². The second-order valence-corrected chi connectivity index (χ2v) is 11.5. The Labute approximate surface area is 255 Å². The maximum atomic E-state index is 15.1. The Kier molecular flexibility index (Phi) is 11.7. The van der Waals surface area contributed by atoms with Gasteiger partial charge in [-0.15, -0.1) is 0 Å². The quantitative estimate of drug-likeness (QED) is 0.269. The Balaban J connectivity index is 1.70. The Bertz CT molecular complexity index is 1290. The number of aromatic nitrogens is 1. The molecule has 3 rings (SSSR count). The first kappa shape index (κ1) is 34.4. The van der Waals surface area contributed by atoms with Crippen molar-refractivity contribution in [1.29, 1.82) is 0 Å². The molecule has 2 aromatic rings. The van der Waals surface area contributed by atoms with Gasteiger partial charge < -0.3 is 30.7 Å². The Morgan fingerprint density at radius 3 is 2.30 bits per heavy atom. The van der Waals surface area contributed by atoms with Crippen LogP contribution >= 0.6 is 0 Å². The fraction of sp³-hybridized carbons (Fsp3) is 0.516. The molecule has 240 valence electrons. The summed E-state index contributed by atoms with van der Waals surface area (Å²) in [6.07, 6.45) is -0.361. The number of benzene rings is 1. The van der Waals surface area contributed by atoms with Crippen molar-refractivity contribution in [2.24, 2.45) is 11.8 Å². The summed E-state index contributed by atoms with van der Waals surface area (Å²) in [5.41, 5.74) is 0.671. The molecule has 4 amide bonds. The molecule has 44 heavy (non-hydrogen) atoms. The zero-order valence-electron chi connectivity index (χ0n) is 25.6. The van der Waals surface area contributed by atoms with Crippen LogP contribution in [-0.2, 0) is 20.9 Å². The van der Waals surface area contributed by atoms with Gasteiger partial charge in [-0.2, -0.15) is 8.78 Å². The number of nitrogens with zero attached hydrogens (tertiary/aromatic N) is 2. The van der Waals surface area contributed by atoms with Crippen LogP contribution in [0.5, 0.6) is 5.75 Å². The lowest BCUT2D eigenvalue weighted by atomic mass is 9.93. The summed E-state index contributed by atoms with van der Waals surface area (Å²) in [4.78, 5) is 57.7. The predicted octanol–water partition coefficient (Wildman–Crippen LogP) is 2.29. The lowest BCUT2D eigenvalue weighted by molar-refractivity contribution is -0.169. The van der Waals surface area contributed by atoms with E-state index in [-0.39, 0.29) is 25.4 Å². The van der Waals surface area contributed by atoms with Crippen LogP contribution < -0.4 is 20.7 Å². The summed E-state index contributed by atoms with van der Waals surface area (Å²) in [7, 11) is 1.50. The molecule has 4 atom stereocenters. The average Bonchev–Trinajstić information content (AvgIpc) is 3.51. The lowest BCUT2D eigenvalue weighted by Crippen LogP contribution is -2.61. The van der Waals surface area contributed by atoms with Gasteiger partial charge in [0.25, 0.3) is 11.8 Å². The molecule has 0 spiro atoms. The van der Waals surface area contributed by atoms with Crippen LogP contribution in [0.1, 0.15) is 56.6 Å². The number of amides is 4. The molecule has 1 aromatic heterocycles. The summed E-state index contributed by atoms with van der Waals surface area (Å²) < 4.78 is 35.3. The number of hydrogen-bond donors (Lipinski definition) is 4. The minimum Gasteiger partial charge on any atom is -0.497 e. The number of nitrogens with one attached hydrogen (secondary N) is 3. The molecule has 0 bridgehead atoms. The van der Waals surface area contributed by atoms with Gasteiger partial charge in [0.15, 0.2) is 0 Å². The highest BCUT2D eigenvalue weighted by Gasteiger charge is 2.51. The largest absolute Gasteiger partial charge is 0.497 e. The van der Waals surface area contributed by atoms with Crippen LogP contribution in [0.2, 0.25) is 0 Å². The van der Waals surface area contributed by atoms with E-state index >= 15 is 8.78 Å². The van der Waals surface area contributed by atoms with E-state index in [1.165, 1.54) is 32.1 Å². The molecular weight excluding hydrogens is 576 g/mol. The van der Waals surface area contributed by atoms with Crippen molar-refractivity contribution >= 4 is 23.6 Å². The van der Waals surface area contributed by atoms with Crippen LogP contribution in [0, 0.1) is 11.8 Å². The van der Waals surface area contributed by atoms with Crippen molar-refractivity contribution in [3.8, 4) is 5.75 Å². The molecule has 0 radical (unpaired) electrons. The molecule has 11 nitrogen and oxygen atoms in total. The number of alkyl halides is 2. The number of carbonyl (C=O) groups excluding carboxylic acids is 4. The minimum atomic E-state index is -4.24. The second-order valence-electron chi connectivity index (χ2n) is 11.5. The molecule has 1 aromatic carbocycles. The smallest absolute Gasteiger partial charge is 0.351 e. The van der Waals surface area contributed by atoms with Crippen LogP contribution in [0.3, 0.4) is 0 Å². The van der Waals surface area contributed by atoms with Gasteiger partial charge in [0.1, 0.15) is 23.9 Å². The molecule has 0 aliphatic carbocycles. The van der Waals surface area contributed by atoms with E-state index in [1.54, 1.807) is 56.3 Å². The summed E-state index contributed by atoms with van der Waals surface area (Å²) in [6.45, 7) is 6.52. The van der Waals surface area contributed by atoms with Gasteiger partial charge in [0.2, 0.25) is 11.8 Å². The summed E-state index contributed by atoms with van der Waals surface area (Å²) in [5, 5.41) is 18.0. The Morgan fingerprint density at radius 1 is 1.05 bits per heavy atom. The third kappa shape index (κ3) is 8.28. The number of methoxy groups -OCH3 is 1. The highest BCUT2D eigenvalue weighted by molar-refractivity contribution is 5.98. The molecule has 1 saturated heterocycles. The summed E-state index contributed by atoms with van der Waals surface area (Å²) >= 11 is 0. The highest BCUT2D eigenvalue weighted by atomic mass is 19.3. The normalized spacial score (nSPS) is 17.1. The molecule has 0 unspecified atom stereocenters. The fourth-order valence-corrected chi connectivity index (χ4v) is 4.98. The van der Waals surface area contributed by atoms with Crippen molar-refractivity contribution in [2.45, 2.75) is 77.2 Å². The third-order valence-electron chi connectivity index (χ3n) is 7.61. The summed E-state index contributed by atoms with van der Waals surface area (Å²) in [5.74, 6) is -8.11. The first-order chi connectivity index (χ1) is 20.8. The number of ether oxygens (including phenoxy) is 1. The molecule has 1 fully saturated rings. The van der Waals surface area contributed by atoms with Gasteiger partial charge in [-0.1, -0.05) is 33.8 Å². The first-order valence-electron chi connectivity index (χ1n) is 14.6. The van der Waals surface area contributed by atoms with Crippen LogP contribution in [-0.4, -0.2) is 82.4 Å². The van der Waals surface area contributed by atoms with Gasteiger partial charge in [0, 0.05) is 18.3 Å². The van der Waals surface area contributed by atoms with Crippen molar-refractivity contribution in [3.05, 3.63) is 59.9 Å². The van der Waals surface area contributed by atoms with Gasteiger partial charge in [-0.3, -0.25) is 24.2 Å². The molecule has 1 aliphatic heterocycles. The zero-order valence-corrected chi connectivity index (χ0v) is 25.6. The van der Waals surface area contributed by atoms with Gasteiger partial charge in [0.05, 0.1) is 25.4 Å². The number of halogens is 2. The maximum Gasteiger partial charge on any atom is 0.351 e. The SMILES string of the molecule is COc1ccc(C(=O)N[C@H](C(=O)N2CCC[C@H]2C(=O)N[C@H](C(C)C)[C@@H](O)C(F)(F)C(=O)NCc2ccccn2)C(C)C)cc1. The van der Waals surface area contributed by atoms with Crippen molar-refractivity contribution in [1.82, 2.24) is 25.8 Å². The molecule has 0 saturated carbocycles. The molecular formula is C31H41F2N5O6. The monoisotopic (exact) mass is 617 g/mol. The van der Waals surface area contributed by atoms with Crippen LogP contribution in [0.4, 0.5) is 8.78 Å². The predicted molar refractivity (Wildman–Crippen MR) is 158 cm³/mol. The molecule has 1 aliphatic rings. The Morgan fingerprint density at radius 2 is 1.73 bits per heavy atom. The molecule has 13 heteroatoms. The number of likely N-dealkylation sites (tertiary alicyclic amines) is 1. The zero-order chi connectivity index (χ0) is 32.6. The van der Waals surface area contributed by atoms with E-state index in [0.717, 1.165) is 0 Å². The number of hydrogen-bond acceptors (Lipinski definition) is 7. The lowest BCUT2D eigenvalue weighted by Gasteiger charge is -2.34. The minimum absolute atomic E-state index is 0.222. The van der Waals surface area contributed by atoms with E-state index < -0.39 is 59.7 Å². The van der Waals surface area contributed by atoms with Crippen molar-refractivity contribution in [2.75, 3.05) is 13.7 Å². The summed E-state index contributed by atoms with van der Waals surface area (Å²) in [6, 6.07) is 7.72. The highest BCUT2D eigenvalue weighted by Crippen LogP contribution is 2.27. The first-order valence-corrected chi connectivity index (χ1v) is 14.6. The molecule has 4 N–H and O–H groups in total. The van der Waals surface area contributed by atoms with E-state index in [1.807, 2.05) is 0 Å². The number of aliphatic hydroxyl groups is 1. The second kappa shape index (κ2) is 15.0. The van der Waals surface area contributed by atoms with E-state index in [4.69, 9.17) is 4.74 Å². The van der Waals surface area contributed by atoms with Gasteiger partial charge >= 0.3 is 5.92 Å². The fourth-order valence-electron chi connectivity index (χ4n) is 4.98. The average molecular weight is 618 g/mol. The number of rotatable bonds is 13. The Hall–Kier alpha value is -4.13. The van der Waals surface area contributed by atoms with E-state index in [2.05, 4.69) is 20.9 Å². The van der Waals surface area contributed by atoms with E-state index in [9.17, 15) is 24.3 Å². The number of pyridine rings is 1. The third-order valence-corrected chi connectivity index (χ3v) is 7.61. The molecule has 2 heterocycles. The standard InChI is InChI=1S/C31H41F2N5O6/c1-18(2)24(26(39)31(32,33)30(43)35-17-21-9-6-7-15-34-21)36-28(41)23-10-8-16-38(23)29(42)25(19(3)4)37-27(40)20-11-13-22(44-5)14-12-20/h6-7,9,11-15,18-19,23-26,39H,8,10,16-17H2,1-5H3,(H,35,43)(H,36,41)(H,37,40)/t23-,24+,25-,26+/m0/s1. The van der Waals surface area contributed by atoms with Crippen LogP contribution in [0.25, 0.3) is 0 Å². The maximum absolute atomic E-state index is 15.1. The topological polar surface area (TPSA) is 150 Å². The number of aliphatic hydroxyl groups excluding tert-OH is 1. The number of carbonyl (C=O) groups is 4. The van der Waals surface area contributed by atoms with Gasteiger partial charge in [-0.25, -0.2) is 0 Å². The van der Waals surface area contributed by atoms with Gasteiger partial charge in [-0.05, 0) is 61.1 Å². The van der Waals surface area contributed by atoms with E-state index in [0.29, 0.717) is 23.4 Å². The van der Waals surface area contributed by atoms with Crippen LogP contribution in [0.15, 0.2) is 48.7 Å². The van der Waals surface area contributed by atoms with Crippen molar-refractivity contribution in [3.63, 3.8) is 0 Å².